The number of hydrogen-bond acceptors (Lipinski definition) is 5. The number of fused-ring (bicyclic) bond motifs is 1. The van der Waals surface area contributed by atoms with Crippen molar-refractivity contribution in [3.8, 4) is 0 Å². The van der Waals surface area contributed by atoms with Gasteiger partial charge in [-0.25, -0.2) is 15.0 Å². The third-order valence-electron chi connectivity index (χ3n) is 4.67. The van der Waals surface area contributed by atoms with Crippen molar-refractivity contribution in [1.82, 2.24) is 19.9 Å². The molecule has 5 nitrogen and oxygen atoms in total. The molecule has 2 aromatic heterocycles. The smallest absolute Gasteiger partial charge is 0.251 e. The first kappa shape index (κ1) is 19.3. The van der Waals surface area contributed by atoms with Gasteiger partial charge >= 0.3 is 0 Å². The van der Waals surface area contributed by atoms with Crippen molar-refractivity contribution in [2.45, 2.75) is 37.8 Å². The van der Waals surface area contributed by atoms with Crippen LogP contribution in [0, 0.1) is 20.8 Å². The van der Waals surface area contributed by atoms with Crippen molar-refractivity contribution in [3.63, 3.8) is 0 Å². The zero-order valence-electron chi connectivity index (χ0n) is 16.7. The number of benzene rings is 2. The standard InChI is InChI=1S/C23H22N4OS/c1-14-4-7-18(8-5-14)29-13-17-11-23(28)27-22(25-17)12-21-24-16(3)19-10-15(2)6-9-20(19)26-21/h4-11H,12-13H2,1-3H3,(H,25,27,28). The van der Waals surface area contributed by atoms with Crippen LogP contribution >= 0.6 is 11.8 Å². The average molecular weight is 403 g/mol. The molecule has 0 aliphatic carbocycles. The molecule has 0 radical (unpaired) electrons. The fourth-order valence-electron chi connectivity index (χ4n) is 3.20. The molecule has 1 N–H and O–H groups in total. The molecule has 0 fully saturated rings. The van der Waals surface area contributed by atoms with Crippen molar-refractivity contribution in [1.29, 1.82) is 0 Å². The normalized spacial score (nSPS) is 11.1. The number of rotatable bonds is 5. The zero-order valence-corrected chi connectivity index (χ0v) is 17.5. The number of aromatic nitrogens is 4. The number of nitrogens with one attached hydrogen (secondary N) is 1. The summed E-state index contributed by atoms with van der Waals surface area (Å²) in [6.45, 7) is 6.11. The lowest BCUT2D eigenvalue weighted by Gasteiger charge is -2.07. The Bertz CT molecular complexity index is 1230. The molecular formula is C23H22N4OS. The molecule has 2 aromatic carbocycles. The van der Waals surface area contributed by atoms with Gasteiger partial charge in [-0.05, 0) is 45.0 Å². The van der Waals surface area contributed by atoms with Gasteiger partial charge < -0.3 is 4.98 Å². The highest BCUT2D eigenvalue weighted by molar-refractivity contribution is 7.98. The maximum atomic E-state index is 12.1. The lowest BCUT2D eigenvalue weighted by molar-refractivity contribution is 0.863. The molecule has 0 saturated carbocycles. The molecule has 0 saturated heterocycles. The van der Waals surface area contributed by atoms with E-state index in [1.54, 1.807) is 17.8 Å². The van der Waals surface area contributed by atoms with E-state index in [0.717, 1.165) is 27.2 Å². The Morgan fingerprint density at radius 2 is 1.66 bits per heavy atom. The van der Waals surface area contributed by atoms with Gasteiger partial charge in [0.1, 0.15) is 11.6 Å². The van der Waals surface area contributed by atoms with Gasteiger partial charge in [0.15, 0.2) is 0 Å². The maximum Gasteiger partial charge on any atom is 0.251 e. The minimum atomic E-state index is -0.150. The number of H-pyrrole nitrogens is 1. The molecule has 2 heterocycles. The van der Waals surface area contributed by atoms with Crippen LogP contribution in [0.15, 0.2) is 58.2 Å². The number of nitrogens with zero attached hydrogens (tertiary/aromatic N) is 3. The number of hydrogen-bond donors (Lipinski definition) is 1. The van der Waals surface area contributed by atoms with Gasteiger partial charge in [-0.3, -0.25) is 4.79 Å². The van der Waals surface area contributed by atoms with Crippen LogP contribution in [-0.2, 0) is 12.2 Å². The lowest BCUT2D eigenvalue weighted by atomic mass is 10.1. The Hall–Kier alpha value is -2.99. The second kappa shape index (κ2) is 8.17. The van der Waals surface area contributed by atoms with Crippen molar-refractivity contribution < 1.29 is 0 Å². The van der Waals surface area contributed by atoms with Gasteiger partial charge in [-0.1, -0.05) is 29.3 Å². The molecular weight excluding hydrogens is 380 g/mol. The van der Waals surface area contributed by atoms with E-state index in [1.807, 2.05) is 19.1 Å². The second-order valence-corrected chi connectivity index (χ2v) is 8.26. The highest BCUT2D eigenvalue weighted by Crippen LogP contribution is 2.22. The Kier molecular flexibility index (Phi) is 5.45. The maximum absolute atomic E-state index is 12.1. The highest BCUT2D eigenvalue weighted by atomic mass is 32.2. The molecule has 0 bridgehead atoms. The van der Waals surface area contributed by atoms with Crippen LogP contribution in [0.5, 0.6) is 0 Å². The first-order valence-electron chi connectivity index (χ1n) is 9.49. The summed E-state index contributed by atoms with van der Waals surface area (Å²) in [4.78, 5) is 30.0. The number of thioether (sulfide) groups is 1. The minimum absolute atomic E-state index is 0.150. The Morgan fingerprint density at radius 1 is 0.897 bits per heavy atom. The summed E-state index contributed by atoms with van der Waals surface area (Å²) in [6.07, 6.45) is 0.392. The summed E-state index contributed by atoms with van der Waals surface area (Å²) in [5.41, 5.74) is 4.85. The van der Waals surface area contributed by atoms with E-state index in [4.69, 9.17) is 0 Å². The molecule has 0 atom stereocenters. The Balaban J connectivity index is 1.56. The summed E-state index contributed by atoms with van der Waals surface area (Å²) >= 11 is 1.67. The SMILES string of the molecule is Cc1ccc(SCc2cc(=O)[nH]c(Cc3nc(C)c4cc(C)ccc4n3)n2)cc1. The summed E-state index contributed by atoms with van der Waals surface area (Å²) in [5, 5.41) is 1.05. The summed E-state index contributed by atoms with van der Waals surface area (Å²) in [6, 6.07) is 16.0. The molecule has 29 heavy (non-hydrogen) atoms. The summed E-state index contributed by atoms with van der Waals surface area (Å²) < 4.78 is 0. The molecule has 0 spiro atoms. The molecule has 6 heteroatoms. The van der Waals surface area contributed by atoms with Gasteiger partial charge in [-0.15, -0.1) is 11.8 Å². The van der Waals surface area contributed by atoms with Crippen molar-refractivity contribution in [3.05, 3.63) is 93.0 Å². The van der Waals surface area contributed by atoms with E-state index in [0.29, 0.717) is 23.8 Å². The van der Waals surface area contributed by atoms with Gasteiger partial charge in [0, 0.05) is 27.8 Å². The molecule has 4 rings (SSSR count). The van der Waals surface area contributed by atoms with Crippen molar-refractivity contribution in [2.75, 3.05) is 0 Å². The zero-order chi connectivity index (χ0) is 20.4. The predicted octanol–water partition coefficient (Wildman–Crippen LogP) is 4.52. The van der Waals surface area contributed by atoms with E-state index < -0.39 is 0 Å². The fourth-order valence-corrected chi connectivity index (χ4v) is 3.99. The Morgan fingerprint density at radius 3 is 2.45 bits per heavy atom. The van der Waals surface area contributed by atoms with E-state index >= 15 is 0 Å². The molecule has 146 valence electrons. The van der Waals surface area contributed by atoms with E-state index in [9.17, 15) is 4.79 Å². The fraction of sp³-hybridized carbons (Fsp3) is 0.217. The summed E-state index contributed by atoms with van der Waals surface area (Å²) in [7, 11) is 0. The van der Waals surface area contributed by atoms with Crippen molar-refractivity contribution >= 4 is 22.7 Å². The van der Waals surface area contributed by atoms with Crippen molar-refractivity contribution in [2.24, 2.45) is 0 Å². The van der Waals surface area contributed by atoms with E-state index in [2.05, 4.69) is 64.1 Å². The van der Waals surface area contributed by atoms with Crippen LogP contribution in [-0.4, -0.2) is 19.9 Å². The number of aryl methyl sites for hydroxylation is 3. The van der Waals surface area contributed by atoms with Crippen LogP contribution in [0.25, 0.3) is 10.9 Å². The monoisotopic (exact) mass is 402 g/mol. The average Bonchev–Trinajstić information content (AvgIpc) is 2.68. The van der Waals surface area contributed by atoms with Crippen LogP contribution in [0.2, 0.25) is 0 Å². The third-order valence-corrected chi connectivity index (χ3v) is 5.71. The predicted molar refractivity (Wildman–Crippen MR) is 117 cm³/mol. The van der Waals surface area contributed by atoms with E-state index in [1.165, 1.54) is 11.1 Å². The van der Waals surface area contributed by atoms with Gasteiger partial charge in [0.25, 0.3) is 5.56 Å². The topological polar surface area (TPSA) is 71.5 Å². The number of aromatic amines is 1. The molecule has 0 aliphatic heterocycles. The third kappa shape index (κ3) is 4.71. The minimum Gasteiger partial charge on any atom is -0.310 e. The van der Waals surface area contributed by atoms with Crippen LogP contribution in [0.3, 0.4) is 0 Å². The van der Waals surface area contributed by atoms with Gasteiger partial charge in [-0.2, -0.15) is 0 Å². The van der Waals surface area contributed by atoms with Gasteiger partial charge in [0.05, 0.1) is 17.6 Å². The van der Waals surface area contributed by atoms with Crippen LogP contribution < -0.4 is 5.56 Å². The van der Waals surface area contributed by atoms with E-state index in [-0.39, 0.29) is 5.56 Å². The Labute approximate surface area is 173 Å². The first-order chi connectivity index (χ1) is 14.0. The molecule has 4 aromatic rings. The van der Waals surface area contributed by atoms with Gasteiger partial charge in [0.2, 0.25) is 0 Å². The second-order valence-electron chi connectivity index (χ2n) is 7.21. The summed E-state index contributed by atoms with van der Waals surface area (Å²) in [5.74, 6) is 1.88. The largest absolute Gasteiger partial charge is 0.310 e. The molecule has 0 unspecified atom stereocenters. The highest BCUT2D eigenvalue weighted by Gasteiger charge is 2.09. The first-order valence-corrected chi connectivity index (χ1v) is 10.5. The lowest BCUT2D eigenvalue weighted by Crippen LogP contribution is -2.14. The molecule has 0 aliphatic rings. The van der Waals surface area contributed by atoms with Crippen LogP contribution in [0.1, 0.15) is 34.2 Å². The van der Waals surface area contributed by atoms with Crippen LogP contribution in [0.4, 0.5) is 0 Å². The molecule has 0 amide bonds. The quantitative estimate of drug-likeness (QED) is 0.497.